The third-order valence-electron chi connectivity index (χ3n) is 3.08. The van der Waals surface area contributed by atoms with Gasteiger partial charge in [-0.15, -0.1) is 0 Å². The molecule has 0 amide bonds. The molecule has 0 aliphatic rings. The van der Waals surface area contributed by atoms with Crippen LogP contribution in [0, 0.1) is 0 Å². The number of nitrogens with one attached hydrogen (secondary N) is 1. The Bertz CT molecular complexity index is 493. The summed E-state index contributed by atoms with van der Waals surface area (Å²) in [5.41, 5.74) is 1.40. The lowest BCUT2D eigenvalue weighted by Gasteiger charge is -2.08. The summed E-state index contributed by atoms with van der Waals surface area (Å²) in [6.07, 6.45) is 3.55. The second-order valence-electron chi connectivity index (χ2n) is 4.31. The van der Waals surface area contributed by atoms with Crippen LogP contribution in [0.25, 0.3) is 10.8 Å². The summed E-state index contributed by atoms with van der Waals surface area (Å²) in [6.45, 7) is 1.09. The van der Waals surface area contributed by atoms with E-state index in [0.717, 1.165) is 18.0 Å². The molecule has 0 saturated heterocycles. The first-order valence-corrected chi connectivity index (χ1v) is 6.51. The molecule has 17 heavy (non-hydrogen) atoms. The van der Waals surface area contributed by atoms with Gasteiger partial charge in [0.25, 0.3) is 0 Å². The van der Waals surface area contributed by atoms with Gasteiger partial charge in [-0.3, -0.25) is 0 Å². The maximum absolute atomic E-state index is 6.20. The summed E-state index contributed by atoms with van der Waals surface area (Å²) >= 11 is 6.20. The van der Waals surface area contributed by atoms with E-state index in [2.05, 4.69) is 29.6 Å². The van der Waals surface area contributed by atoms with Gasteiger partial charge in [-0.25, -0.2) is 0 Å². The SMILES string of the molecule is CNCCCCc1ccc(Cl)c2ccccc12. The quantitative estimate of drug-likeness (QED) is 0.787. The zero-order valence-electron chi connectivity index (χ0n) is 10.2. The van der Waals surface area contributed by atoms with Crippen molar-refractivity contribution in [2.45, 2.75) is 19.3 Å². The molecule has 0 heterocycles. The van der Waals surface area contributed by atoms with Crippen molar-refractivity contribution in [2.75, 3.05) is 13.6 Å². The lowest BCUT2D eigenvalue weighted by Crippen LogP contribution is -2.07. The molecule has 0 fully saturated rings. The smallest absolute Gasteiger partial charge is 0.0484 e. The average Bonchev–Trinajstić information content (AvgIpc) is 2.37. The van der Waals surface area contributed by atoms with Gasteiger partial charge in [0.05, 0.1) is 0 Å². The first kappa shape index (κ1) is 12.4. The highest BCUT2D eigenvalue weighted by Gasteiger charge is 2.03. The number of hydrogen-bond donors (Lipinski definition) is 1. The van der Waals surface area contributed by atoms with E-state index in [4.69, 9.17) is 11.6 Å². The van der Waals surface area contributed by atoms with Crippen molar-refractivity contribution in [3.05, 3.63) is 47.0 Å². The molecular weight excluding hydrogens is 230 g/mol. The van der Waals surface area contributed by atoms with E-state index in [1.54, 1.807) is 0 Å². The maximum Gasteiger partial charge on any atom is 0.0484 e. The molecule has 0 atom stereocenters. The van der Waals surface area contributed by atoms with Crippen molar-refractivity contribution < 1.29 is 0 Å². The minimum atomic E-state index is 0.847. The lowest BCUT2D eigenvalue weighted by atomic mass is 10.00. The van der Waals surface area contributed by atoms with E-state index >= 15 is 0 Å². The third-order valence-corrected chi connectivity index (χ3v) is 3.41. The van der Waals surface area contributed by atoms with E-state index in [1.165, 1.54) is 29.2 Å². The van der Waals surface area contributed by atoms with Crippen LogP contribution in [0.15, 0.2) is 36.4 Å². The summed E-state index contributed by atoms with van der Waals surface area (Å²) in [6, 6.07) is 12.5. The molecule has 0 aromatic heterocycles. The molecule has 0 radical (unpaired) electrons. The van der Waals surface area contributed by atoms with E-state index < -0.39 is 0 Å². The van der Waals surface area contributed by atoms with Crippen LogP contribution in [-0.4, -0.2) is 13.6 Å². The molecule has 2 aromatic rings. The van der Waals surface area contributed by atoms with E-state index in [-0.39, 0.29) is 0 Å². The molecule has 1 nitrogen and oxygen atoms in total. The molecule has 0 aliphatic carbocycles. The Kier molecular flexibility index (Phi) is 4.41. The molecule has 2 rings (SSSR count). The number of halogens is 1. The normalized spacial score (nSPS) is 10.9. The van der Waals surface area contributed by atoms with Crippen LogP contribution in [0.5, 0.6) is 0 Å². The molecule has 0 aliphatic heterocycles. The molecule has 2 heteroatoms. The van der Waals surface area contributed by atoms with Crippen molar-refractivity contribution in [2.24, 2.45) is 0 Å². The summed E-state index contributed by atoms with van der Waals surface area (Å²) in [7, 11) is 2.00. The number of unbranched alkanes of at least 4 members (excludes halogenated alkanes) is 1. The summed E-state index contributed by atoms with van der Waals surface area (Å²) < 4.78 is 0. The Morgan fingerprint density at radius 2 is 1.76 bits per heavy atom. The van der Waals surface area contributed by atoms with Crippen molar-refractivity contribution in [1.29, 1.82) is 0 Å². The molecule has 1 N–H and O–H groups in total. The number of benzene rings is 2. The van der Waals surface area contributed by atoms with E-state index in [0.29, 0.717) is 0 Å². The highest BCUT2D eigenvalue weighted by atomic mass is 35.5. The van der Waals surface area contributed by atoms with Gasteiger partial charge in [0.1, 0.15) is 0 Å². The van der Waals surface area contributed by atoms with Crippen LogP contribution in [0.4, 0.5) is 0 Å². The van der Waals surface area contributed by atoms with E-state index in [9.17, 15) is 0 Å². The lowest BCUT2D eigenvalue weighted by molar-refractivity contribution is 0.678. The first-order valence-electron chi connectivity index (χ1n) is 6.13. The predicted molar refractivity (Wildman–Crippen MR) is 75.8 cm³/mol. The monoisotopic (exact) mass is 247 g/mol. The number of aryl methyl sites for hydroxylation is 1. The Labute approximate surface area is 108 Å². The minimum absolute atomic E-state index is 0.847. The third kappa shape index (κ3) is 2.99. The second kappa shape index (κ2) is 6.04. The predicted octanol–water partition coefficient (Wildman–Crippen LogP) is 4.04. The number of fused-ring (bicyclic) bond motifs is 1. The van der Waals surface area contributed by atoms with Crippen LogP contribution >= 0.6 is 11.6 Å². The van der Waals surface area contributed by atoms with Gasteiger partial charge in [-0.2, -0.15) is 0 Å². The maximum atomic E-state index is 6.20. The molecule has 0 spiro atoms. The van der Waals surface area contributed by atoms with Crippen molar-refractivity contribution in [3.8, 4) is 0 Å². The number of rotatable bonds is 5. The van der Waals surface area contributed by atoms with Gasteiger partial charge in [-0.05, 0) is 49.9 Å². The van der Waals surface area contributed by atoms with Crippen LogP contribution in [0.3, 0.4) is 0 Å². The molecule has 0 saturated carbocycles. The van der Waals surface area contributed by atoms with Crippen LogP contribution in [-0.2, 0) is 6.42 Å². The summed E-state index contributed by atoms with van der Waals surface area (Å²) in [5.74, 6) is 0. The highest BCUT2D eigenvalue weighted by Crippen LogP contribution is 2.27. The van der Waals surface area contributed by atoms with Crippen molar-refractivity contribution in [3.63, 3.8) is 0 Å². The molecule has 0 unspecified atom stereocenters. The van der Waals surface area contributed by atoms with Gasteiger partial charge in [-0.1, -0.05) is 41.9 Å². The Balaban J connectivity index is 2.20. The topological polar surface area (TPSA) is 12.0 Å². The molecule has 2 aromatic carbocycles. The number of hydrogen-bond acceptors (Lipinski definition) is 1. The van der Waals surface area contributed by atoms with Crippen molar-refractivity contribution >= 4 is 22.4 Å². The van der Waals surface area contributed by atoms with Crippen molar-refractivity contribution in [1.82, 2.24) is 5.32 Å². The fourth-order valence-electron chi connectivity index (χ4n) is 2.16. The molecule has 0 bridgehead atoms. The fraction of sp³-hybridized carbons (Fsp3) is 0.333. The standard InChI is InChI=1S/C15H18ClN/c1-17-11-5-4-6-12-9-10-15(16)14-8-3-2-7-13(12)14/h2-3,7-10,17H,4-6,11H2,1H3. The Morgan fingerprint density at radius 1 is 1.00 bits per heavy atom. The fourth-order valence-corrected chi connectivity index (χ4v) is 2.39. The Hall–Kier alpha value is -1.05. The Morgan fingerprint density at radius 3 is 2.53 bits per heavy atom. The van der Waals surface area contributed by atoms with Gasteiger partial charge in [0.2, 0.25) is 0 Å². The van der Waals surface area contributed by atoms with Gasteiger partial charge < -0.3 is 5.32 Å². The van der Waals surface area contributed by atoms with Gasteiger partial charge >= 0.3 is 0 Å². The average molecular weight is 248 g/mol. The van der Waals surface area contributed by atoms with Crippen LogP contribution in [0.1, 0.15) is 18.4 Å². The van der Waals surface area contributed by atoms with Gasteiger partial charge in [0, 0.05) is 10.4 Å². The van der Waals surface area contributed by atoms with Gasteiger partial charge in [0.15, 0.2) is 0 Å². The molecular formula is C15H18ClN. The summed E-state index contributed by atoms with van der Waals surface area (Å²) in [5, 5.41) is 6.49. The zero-order valence-corrected chi connectivity index (χ0v) is 10.9. The molecule has 90 valence electrons. The van der Waals surface area contributed by atoms with Crippen LogP contribution in [0.2, 0.25) is 5.02 Å². The first-order chi connectivity index (χ1) is 8.33. The zero-order chi connectivity index (χ0) is 12.1. The summed E-state index contributed by atoms with van der Waals surface area (Å²) in [4.78, 5) is 0. The minimum Gasteiger partial charge on any atom is -0.320 e. The highest BCUT2D eigenvalue weighted by molar-refractivity contribution is 6.35. The second-order valence-corrected chi connectivity index (χ2v) is 4.72. The van der Waals surface area contributed by atoms with E-state index in [1.807, 2.05) is 19.2 Å². The van der Waals surface area contributed by atoms with Crippen LogP contribution < -0.4 is 5.32 Å². The largest absolute Gasteiger partial charge is 0.320 e.